The summed E-state index contributed by atoms with van der Waals surface area (Å²) in [7, 11) is 0. The number of carbonyl (C=O) groups is 1. The van der Waals surface area contributed by atoms with Crippen molar-refractivity contribution in [1.29, 1.82) is 0 Å². The molecule has 1 fully saturated rings. The van der Waals surface area contributed by atoms with Crippen molar-refractivity contribution in [2.45, 2.75) is 38.3 Å². The van der Waals surface area contributed by atoms with E-state index in [-0.39, 0.29) is 42.4 Å². The lowest BCUT2D eigenvalue weighted by Crippen LogP contribution is -2.37. The second kappa shape index (κ2) is 7.55. The van der Waals surface area contributed by atoms with Crippen LogP contribution in [0.3, 0.4) is 0 Å². The normalized spacial score (nSPS) is 21.9. The third-order valence-electron chi connectivity index (χ3n) is 3.55. The van der Waals surface area contributed by atoms with Gasteiger partial charge in [0.2, 0.25) is 5.91 Å². The molecule has 6 heteroatoms. The Kier molecular flexibility index (Phi) is 6.36. The number of amides is 1. The summed E-state index contributed by atoms with van der Waals surface area (Å²) < 4.78 is 26.4. The predicted molar refractivity (Wildman–Crippen MR) is 75.4 cm³/mol. The van der Waals surface area contributed by atoms with Gasteiger partial charge in [0.1, 0.15) is 11.6 Å². The van der Waals surface area contributed by atoms with Gasteiger partial charge in [0, 0.05) is 24.1 Å². The molecule has 3 N–H and O–H groups in total. The first-order valence-electron chi connectivity index (χ1n) is 6.53. The minimum Gasteiger partial charge on any atom is -0.352 e. The number of nitrogens with two attached hydrogens (primary N) is 1. The van der Waals surface area contributed by atoms with Crippen molar-refractivity contribution in [1.82, 2.24) is 5.32 Å². The Morgan fingerprint density at radius 2 is 2.10 bits per heavy atom. The fourth-order valence-electron chi connectivity index (χ4n) is 2.47. The Morgan fingerprint density at radius 1 is 1.35 bits per heavy atom. The zero-order valence-corrected chi connectivity index (χ0v) is 11.9. The third kappa shape index (κ3) is 4.42. The van der Waals surface area contributed by atoms with Gasteiger partial charge in [0.15, 0.2) is 0 Å². The molecular formula is C14H19ClF2N2O. The number of nitrogens with one attached hydrogen (secondary N) is 1. The molecule has 0 aromatic heterocycles. The van der Waals surface area contributed by atoms with E-state index < -0.39 is 11.6 Å². The molecule has 2 unspecified atom stereocenters. The topological polar surface area (TPSA) is 55.1 Å². The maximum absolute atomic E-state index is 13.4. The number of rotatable bonds is 3. The summed E-state index contributed by atoms with van der Waals surface area (Å²) in [6.07, 6.45) is 3.36. The van der Waals surface area contributed by atoms with E-state index >= 15 is 0 Å². The van der Waals surface area contributed by atoms with E-state index in [1.54, 1.807) is 0 Å². The predicted octanol–water partition coefficient (Wildman–Crippen LogP) is 2.52. The average molecular weight is 305 g/mol. The lowest BCUT2D eigenvalue weighted by Gasteiger charge is -2.25. The molecule has 0 bridgehead atoms. The number of benzene rings is 1. The van der Waals surface area contributed by atoms with E-state index in [0.717, 1.165) is 37.5 Å². The summed E-state index contributed by atoms with van der Waals surface area (Å²) in [5, 5.41) is 2.66. The molecule has 0 heterocycles. The Balaban J connectivity index is 0.00000200. The number of halogens is 3. The highest BCUT2D eigenvalue weighted by molar-refractivity contribution is 5.85. The average Bonchev–Trinajstić information content (AvgIpc) is 2.39. The van der Waals surface area contributed by atoms with Crippen molar-refractivity contribution >= 4 is 18.3 Å². The number of hydrogen-bond donors (Lipinski definition) is 2. The molecule has 3 nitrogen and oxygen atoms in total. The van der Waals surface area contributed by atoms with Crippen LogP contribution < -0.4 is 11.1 Å². The first-order chi connectivity index (χ1) is 9.06. The van der Waals surface area contributed by atoms with Crippen molar-refractivity contribution < 1.29 is 13.6 Å². The fourth-order valence-corrected chi connectivity index (χ4v) is 2.47. The Hall–Kier alpha value is -1.20. The number of carbonyl (C=O) groups excluding carboxylic acids is 1. The van der Waals surface area contributed by atoms with Crippen molar-refractivity contribution in [3.63, 3.8) is 0 Å². The van der Waals surface area contributed by atoms with E-state index in [1.165, 1.54) is 0 Å². The molecule has 0 spiro atoms. The maximum Gasteiger partial charge on any atom is 0.223 e. The van der Waals surface area contributed by atoms with Crippen molar-refractivity contribution in [2.24, 2.45) is 11.7 Å². The quantitative estimate of drug-likeness (QED) is 0.901. The van der Waals surface area contributed by atoms with Crippen LogP contribution >= 0.6 is 12.4 Å². The molecule has 2 rings (SSSR count). The number of hydrogen-bond acceptors (Lipinski definition) is 2. The molecule has 0 saturated heterocycles. The molecule has 1 aromatic carbocycles. The van der Waals surface area contributed by atoms with Gasteiger partial charge in [0.05, 0.1) is 0 Å². The summed E-state index contributed by atoms with van der Waals surface area (Å²) in [6, 6.07) is 3.28. The summed E-state index contributed by atoms with van der Waals surface area (Å²) >= 11 is 0. The van der Waals surface area contributed by atoms with E-state index in [2.05, 4.69) is 5.32 Å². The van der Waals surface area contributed by atoms with Crippen LogP contribution in [0.5, 0.6) is 0 Å². The van der Waals surface area contributed by atoms with Crippen molar-refractivity contribution in [3.8, 4) is 0 Å². The van der Waals surface area contributed by atoms with Crippen molar-refractivity contribution in [2.75, 3.05) is 0 Å². The Bertz CT molecular complexity index is 470. The molecule has 1 saturated carbocycles. The molecule has 1 aliphatic carbocycles. The van der Waals surface area contributed by atoms with E-state index in [9.17, 15) is 13.6 Å². The van der Waals surface area contributed by atoms with E-state index in [1.807, 2.05) is 0 Å². The zero-order chi connectivity index (χ0) is 13.8. The monoisotopic (exact) mass is 304 g/mol. The molecule has 2 atom stereocenters. The van der Waals surface area contributed by atoms with Gasteiger partial charge < -0.3 is 11.1 Å². The van der Waals surface area contributed by atoms with E-state index in [0.29, 0.717) is 6.42 Å². The van der Waals surface area contributed by atoms with Gasteiger partial charge in [-0.25, -0.2) is 8.78 Å². The molecule has 1 aromatic rings. The van der Waals surface area contributed by atoms with Gasteiger partial charge in [-0.1, -0.05) is 6.42 Å². The highest BCUT2D eigenvalue weighted by Gasteiger charge is 2.25. The molecule has 0 radical (unpaired) electrons. The van der Waals surface area contributed by atoms with E-state index in [4.69, 9.17) is 5.73 Å². The highest BCUT2D eigenvalue weighted by atomic mass is 35.5. The zero-order valence-electron chi connectivity index (χ0n) is 11.1. The van der Waals surface area contributed by atoms with Crippen LogP contribution in [0.4, 0.5) is 8.78 Å². The summed E-state index contributed by atoms with van der Waals surface area (Å²) in [6.45, 7) is 0.00810. The van der Waals surface area contributed by atoms with Gasteiger partial charge in [-0.3, -0.25) is 4.79 Å². The summed E-state index contributed by atoms with van der Waals surface area (Å²) in [4.78, 5) is 11.9. The van der Waals surface area contributed by atoms with Crippen LogP contribution in [0.25, 0.3) is 0 Å². The van der Waals surface area contributed by atoms with Gasteiger partial charge in [-0.2, -0.15) is 0 Å². The summed E-state index contributed by atoms with van der Waals surface area (Å²) in [5.74, 6) is -1.26. The van der Waals surface area contributed by atoms with Gasteiger partial charge >= 0.3 is 0 Å². The first kappa shape index (κ1) is 16.9. The van der Waals surface area contributed by atoms with Crippen LogP contribution in [0, 0.1) is 17.6 Å². The van der Waals surface area contributed by atoms with Crippen LogP contribution in [-0.2, 0) is 11.3 Å². The molecular weight excluding hydrogens is 286 g/mol. The van der Waals surface area contributed by atoms with Gasteiger partial charge in [-0.05, 0) is 37.5 Å². The third-order valence-corrected chi connectivity index (χ3v) is 3.55. The molecule has 20 heavy (non-hydrogen) atoms. The minimum absolute atomic E-state index is 0. The Morgan fingerprint density at radius 3 is 2.80 bits per heavy atom. The van der Waals surface area contributed by atoms with Crippen LogP contribution in [-0.4, -0.2) is 11.9 Å². The van der Waals surface area contributed by atoms with Gasteiger partial charge in [0.25, 0.3) is 0 Å². The Labute approximate surface area is 123 Å². The standard InChI is InChI=1S/C14H18F2N2O.ClH/c15-11-4-5-13(16)10(6-11)8-18-14(19)9-2-1-3-12(17)7-9;/h4-6,9,12H,1-3,7-8,17H2,(H,18,19);1H. The highest BCUT2D eigenvalue weighted by Crippen LogP contribution is 2.23. The van der Waals surface area contributed by atoms with Gasteiger partial charge in [-0.15, -0.1) is 12.4 Å². The lowest BCUT2D eigenvalue weighted by molar-refractivity contribution is -0.126. The van der Waals surface area contributed by atoms with Crippen LogP contribution in [0.15, 0.2) is 18.2 Å². The van der Waals surface area contributed by atoms with Crippen LogP contribution in [0.2, 0.25) is 0 Å². The largest absolute Gasteiger partial charge is 0.352 e. The summed E-state index contributed by atoms with van der Waals surface area (Å²) in [5.41, 5.74) is 5.99. The van der Waals surface area contributed by atoms with Crippen LogP contribution in [0.1, 0.15) is 31.2 Å². The SMILES string of the molecule is Cl.NC1CCCC(C(=O)NCc2cc(F)ccc2F)C1. The lowest BCUT2D eigenvalue weighted by atomic mass is 9.85. The fraction of sp³-hybridized carbons (Fsp3) is 0.500. The second-order valence-corrected chi connectivity index (χ2v) is 5.08. The minimum atomic E-state index is -0.512. The maximum atomic E-state index is 13.4. The molecule has 0 aliphatic heterocycles. The second-order valence-electron chi connectivity index (χ2n) is 5.08. The molecule has 1 aliphatic rings. The van der Waals surface area contributed by atoms with Crippen molar-refractivity contribution in [3.05, 3.63) is 35.4 Å². The molecule has 1 amide bonds. The smallest absolute Gasteiger partial charge is 0.223 e. The first-order valence-corrected chi connectivity index (χ1v) is 6.53. The molecule has 112 valence electrons.